The average molecular weight is 535 g/mol. The Balaban J connectivity index is 1.22. The maximum Gasteiger partial charge on any atom is 0.418 e. The lowest BCUT2D eigenvalue weighted by molar-refractivity contribution is -0.136. The van der Waals surface area contributed by atoms with Crippen LogP contribution in [0.25, 0.3) is 5.52 Å². The molecule has 7 rings (SSSR count). The minimum absolute atomic E-state index is 0.114. The fourth-order valence-corrected chi connectivity index (χ4v) is 7.68. The highest BCUT2D eigenvalue weighted by Crippen LogP contribution is 2.53. The molecule has 2 aromatic rings. The number of rotatable bonds is 6. The van der Waals surface area contributed by atoms with Crippen LogP contribution >= 0.6 is 0 Å². The van der Waals surface area contributed by atoms with Gasteiger partial charge in [0.1, 0.15) is 0 Å². The van der Waals surface area contributed by atoms with Crippen molar-refractivity contribution in [2.45, 2.75) is 82.7 Å². The summed E-state index contributed by atoms with van der Waals surface area (Å²) in [5.74, 6) is 1.40. The molecule has 2 N–H and O–H groups in total. The molecule has 0 aromatic carbocycles. The summed E-state index contributed by atoms with van der Waals surface area (Å²) in [5.41, 5.74) is 5.09. The first-order valence-electron chi connectivity index (χ1n) is 15.3. The zero-order valence-electron chi connectivity index (χ0n) is 23.9. The van der Waals surface area contributed by atoms with Crippen LogP contribution in [0.1, 0.15) is 77.7 Å². The maximum absolute atomic E-state index is 14.3. The molecule has 0 radical (unpaired) electrons. The first kappa shape index (κ1) is 22.9. The second-order valence-corrected chi connectivity index (χ2v) is 12.7. The summed E-state index contributed by atoms with van der Waals surface area (Å²) in [4.78, 5) is 17.6. The molecule has 5 fully saturated rings. The molecule has 7 nitrogen and oxygen atoms in total. The Morgan fingerprint density at radius 2 is 1.87 bits per heavy atom. The van der Waals surface area contributed by atoms with Crippen LogP contribution in [0, 0.1) is 23.2 Å². The Morgan fingerprint density at radius 1 is 1.13 bits per heavy atom. The molecule has 2 aromatic heterocycles. The molecule has 4 atom stereocenters. The van der Waals surface area contributed by atoms with Crippen LogP contribution in [0.3, 0.4) is 0 Å². The molecule has 5 aliphatic rings. The normalized spacial score (nSPS) is 32.2. The average Bonchev–Trinajstić information content (AvgIpc) is 3.47. The van der Waals surface area contributed by atoms with Crippen LogP contribution < -0.4 is 16.5 Å². The van der Waals surface area contributed by atoms with E-state index >= 15 is 0 Å². The Kier molecular flexibility index (Phi) is 5.47. The molecule has 2 aliphatic heterocycles. The van der Waals surface area contributed by atoms with Crippen molar-refractivity contribution in [3.05, 3.63) is 40.1 Å². The Morgan fingerprint density at radius 3 is 2.50 bits per heavy atom. The quantitative estimate of drug-likeness (QED) is 0.582. The fraction of sp³-hybridized carbons (Fsp3) is 0.750. The first-order valence-corrected chi connectivity index (χ1v) is 14.3. The van der Waals surface area contributed by atoms with Gasteiger partial charge in [0.25, 0.3) is 0 Å². The topological polar surface area (TPSA) is 57.0 Å². The molecule has 10 heteroatoms. The lowest BCUT2D eigenvalue weighted by Gasteiger charge is -2.46. The summed E-state index contributed by atoms with van der Waals surface area (Å²) >= 11 is 0. The van der Waals surface area contributed by atoms with E-state index in [0.717, 1.165) is 55.7 Å². The molecular weight excluding hydrogens is 493 g/mol. The number of nitrogens with one attached hydrogen (secondary N) is 2. The SMILES string of the molecule is [2H]C([2H])(c1cc(C(F)(F)F)c2cn(C3CCCC([C@@H](C4CCC4)C4NNCN4C)C3)c(=O)n2c1)N1CC2(CC2)C1. The van der Waals surface area contributed by atoms with Crippen molar-refractivity contribution in [1.82, 2.24) is 29.6 Å². The third kappa shape index (κ3) is 4.32. The number of fused-ring (bicyclic) bond motifs is 1. The van der Waals surface area contributed by atoms with E-state index in [1.54, 1.807) is 4.90 Å². The van der Waals surface area contributed by atoms with E-state index in [1.165, 1.54) is 36.2 Å². The number of pyridine rings is 1. The predicted molar refractivity (Wildman–Crippen MR) is 138 cm³/mol. The van der Waals surface area contributed by atoms with Crippen molar-refractivity contribution >= 4 is 5.52 Å². The van der Waals surface area contributed by atoms with E-state index in [4.69, 9.17) is 2.74 Å². The maximum atomic E-state index is 14.3. The molecule has 4 heterocycles. The van der Waals surface area contributed by atoms with Gasteiger partial charge in [-0.3, -0.25) is 18.8 Å². The molecule has 0 bridgehead atoms. The smallest absolute Gasteiger partial charge is 0.298 e. The molecule has 3 unspecified atom stereocenters. The summed E-state index contributed by atoms with van der Waals surface area (Å²) in [5, 5.41) is 0. The number of aromatic nitrogens is 2. The highest BCUT2D eigenvalue weighted by molar-refractivity contribution is 5.56. The summed E-state index contributed by atoms with van der Waals surface area (Å²) < 4.78 is 63.0. The van der Waals surface area contributed by atoms with Gasteiger partial charge in [-0.15, -0.1) is 0 Å². The zero-order valence-corrected chi connectivity index (χ0v) is 21.9. The van der Waals surface area contributed by atoms with Gasteiger partial charge in [-0.1, -0.05) is 25.7 Å². The summed E-state index contributed by atoms with van der Waals surface area (Å²) in [6.07, 6.45) is 7.40. The Hall–Kier alpha value is -1.88. The van der Waals surface area contributed by atoms with Gasteiger partial charge in [0.05, 0.1) is 23.9 Å². The summed E-state index contributed by atoms with van der Waals surface area (Å²) in [6, 6.07) is 0.738. The van der Waals surface area contributed by atoms with Crippen molar-refractivity contribution in [2.75, 3.05) is 26.8 Å². The zero-order chi connectivity index (χ0) is 28.0. The molecular formula is C28H39F3N6O. The Bertz CT molecular complexity index is 1340. The number of nitrogens with zero attached hydrogens (tertiary/aromatic N) is 4. The largest absolute Gasteiger partial charge is 0.418 e. The van der Waals surface area contributed by atoms with E-state index in [2.05, 4.69) is 22.8 Å². The standard InChI is InChI=1S/C28H39F3N6O/c1-34-17-32-33-25(34)24(19-4-2-5-19)20-6-3-7-21(11-20)36-14-23-22(28(29,30)31)10-18(13-37(23)26(36)38)12-35-15-27(16-35)8-9-27/h10,13-14,19-21,24-25,32-33H,2-9,11-12,15-17H2,1H3/t20?,21?,24-,25?/m1/s1/i12D2. The number of hydrogen-bond acceptors (Lipinski definition) is 5. The van der Waals surface area contributed by atoms with E-state index in [0.29, 0.717) is 30.8 Å². The van der Waals surface area contributed by atoms with Crippen LogP contribution in [-0.2, 0) is 12.7 Å². The van der Waals surface area contributed by atoms with Crippen molar-refractivity contribution in [1.29, 1.82) is 0 Å². The van der Waals surface area contributed by atoms with Gasteiger partial charge in [0.15, 0.2) is 0 Å². The Labute approximate surface area is 224 Å². The minimum atomic E-state index is -4.71. The van der Waals surface area contributed by atoms with Gasteiger partial charge in [0.2, 0.25) is 0 Å². The lowest BCUT2D eigenvalue weighted by Crippen LogP contribution is -2.50. The van der Waals surface area contributed by atoms with E-state index < -0.39 is 23.9 Å². The van der Waals surface area contributed by atoms with Crippen molar-refractivity contribution in [3.8, 4) is 0 Å². The highest BCUT2D eigenvalue weighted by atomic mass is 19.4. The number of hydrogen-bond donors (Lipinski definition) is 2. The number of likely N-dealkylation sites (tertiary alicyclic amines) is 1. The van der Waals surface area contributed by atoms with Crippen molar-refractivity contribution in [3.63, 3.8) is 0 Å². The third-order valence-corrected chi connectivity index (χ3v) is 10.1. The second kappa shape index (κ2) is 9.08. The minimum Gasteiger partial charge on any atom is -0.298 e. The molecule has 3 saturated carbocycles. The fourth-order valence-electron chi connectivity index (χ4n) is 7.68. The van der Waals surface area contributed by atoms with Crippen LogP contribution in [0.5, 0.6) is 0 Å². The van der Waals surface area contributed by atoms with Crippen molar-refractivity contribution < 1.29 is 15.9 Å². The van der Waals surface area contributed by atoms with Gasteiger partial charge in [-0.05, 0) is 74.0 Å². The molecule has 1 spiro atoms. The van der Waals surface area contributed by atoms with Crippen LogP contribution in [0.4, 0.5) is 13.2 Å². The van der Waals surface area contributed by atoms with E-state index in [-0.39, 0.29) is 28.7 Å². The number of halogens is 3. The van der Waals surface area contributed by atoms with Crippen LogP contribution in [-0.4, -0.2) is 51.7 Å². The molecule has 3 aliphatic carbocycles. The molecule has 208 valence electrons. The number of hydrazine groups is 1. The predicted octanol–water partition coefficient (Wildman–Crippen LogP) is 4.19. The summed E-state index contributed by atoms with van der Waals surface area (Å²) in [7, 11) is 2.11. The first-order chi connectivity index (χ1) is 19.0. The van der Waals surface area contributed by atoms with Crippen molar-refractivity contribution in [2.24, 2.45) is 23.2 Å². The third-order valence-electron chi connectivity index (χ3n) is 10.1. The highest BCUT2D eigenvalue weighted by Gasteiger charge is 2.52. The van der Waals surface area contributed by atoms with Gasteiger partial charge < -0.3 is 0 Å². The monoisotopic (exact) mass is 534 g/mol. The van der Waals surface area contributed by atoms with Gasteiger partial charge >= 0.3 is 11.9 Å². The van der Waals surface area contributed by atoms with E-state index in [1.807, 2.05) is 0 Å². The van der Waals surface area contributed by atoms with E-state index in [9.17, 15) is 18.0 Å². The molecule has 0 amide bonds. The van der Waals surface area contributed by atoms with Gasteiger partial charge in [-0.2, -0.15) is 13.2 Å². The van der Waals surface area contributed by atoms with Crippen LogP contribution in [0.15, 0.2) is 23.3 Å². The number of alkyl halides is 3. The second-order valence-electron chi connectivity index (χ2n) is 12.7. The summed E-state index contributed by atoms with van der Waals surface area (Å²) in [6.45, 7) is -0.227. The molecule has 38 heavy (non-hydrogen) atoms. The van der Waals surface area contributed by atoms with Gasteiger partial charge in [0, 0.05) is 40.8 Å². The lowest BCUT2D eigenvalue weighted by atomic mass is 9.65. The molecule has 2 saturated heterocycles. The van der Waals surface area contributed by atoms with Gasteiger partial charge in [-0.25, -0.2) is 15.6 Å². The van der Waals surface area contributed by atoms with Crippen LogP contribution in [0.2, 0.25) is 0 Å². The number of imidazole rings is 1.